The maximum Gasteiger partial charge on any atom is 0.355 e. The van der Waals surface area contributed by atoms with Crippen molar-refractivity contribution in [1.29, 1.82) is 0 Å². The molecule has 0 aliphatic heterocycles. The van der Waals surface area contributed by atoms with Gasteiger partial charge in [-0.15, -0.1) is 0 Å². The molecule has 1 atom stereocenters. The van der Waals surface area contributed by atoms with E-state index in [0.29, 0.717) is 11.3 Å². The Morgan fingerprint density at radius 3 is 2.48 bits per heavy atom. The van der Waals surface area contributed by atoms with Crippen LogP contribution in [-0.2, 0) is 14.3 Å². The van der Waals surface area contributed by atoms with E-state index in [1.807, 2.05) is 0 Å². The van der Waals surface area contributed by atoms with Gasteiger partial charge in [0.1, 0.15) is 11.5 Å². The second-order valence-electron chi connectivity index (χ2n) is 5.86. The number of carbonyl (C=O) groups is 3. The molecule has 144 valence electrons. The molecule has 0 unspecified atom stereocenters. The number of hydrogen-bond donors (Lipinski definition) is 2. The van der Waals surface area contributed by atoms with Crippen LogP contribution in [0.15, 0.2) is 24.3 Å². The van der Waals surface area contributed by atoms with E-state index >= 15 is 0 Å². The third kappa shape index (κ3) is 4.52. The zero-order valence-corrected chi connectivity index (χ0v) is 15.5. The van der Waals surface area contributed by atoms with E-state index < -0.39 is 29.8 Å². The molecule has 7 nitrogen and oxygen atoms in total. The molecule has 0 saturated heterocycles. The number of halogens is 1. The van der Waals surface area contributed by atoms with Crippen molar-refractivity contribution in [2.24, 2.45) is 0 Å². The highest BCUT2D eigenvalue weighted by Crippen LogP contribution is 2.20. The SMILES string of the molecule is CCOC(=O)c1c(C)[nH]c(C(=O)O[C@@H](C)C(=O)Nc2ccccc2F)c1C. The number of esters is 2. The Morgan fingerprint density at radius 2 is 1.85 bits per heavy atom. The number of carbonyl (C=O) groups excluding carboxylic acids is 3. The maximum absolute atomic E-state index is 13.6. The minimum absolute atomic E-state index is 0.0121. The second-order valence-corrected chi connectivity index (χ2v) is 5.86. The van der Waals surface area contributed by atoms with E-state index in [-0.39, 0.29) is 23.6 Å². The molecule has 0 bridgehead atoms. The molecule has 2 rings (SSSR count). The average molecular weight is 376 g/mol. The van der Waals surface area contributed by atoms with Crippen LogP contribution in [0.2, 0.25) is 0 Å². The van der Waals surface area contributed by atoms with Crippen molar-refractivity contribution in [2.75, 3.05) is 11.9 Å². The number of para-hydroxylation sites is 1. The zero-order chi connectivity index (χ0) is 20.1. The number of nitrogens with one attached hydrogen (secondary N) is 2. The van der Waals surface area contributed by atoms with Crippen LogP contribution >= 0.6 is 0 Å². The Morgan fingerprint density at radius 1 is 1.19 bits per heavy atom. The second kappa shape index (κ2) is 8.48. The van der Waals surface area contributed by atoms with Crippen molar-refractivity contribution in [3.05, 3.63) is 52.6 Å². The van der Waals surface area contributed by atoms with E-state index in [1.165, 1.54) is 25.1 Å². The van der Waals surface area contributed by atoms with Gasteiger partial charge in [-0.1, -0.05) is 12.1 Å². The molecule has 0 fully saturated rings. The first kappa shape index (κ1) is 20.2. The Kier molecular flexibility index (Phi) is 6.33. The highest BCUT2D eigenvalue weighted by molar-refractivity contribution is 6.00. The number of rotatable bonds is 6. The molecule has 1 aromatic heterocycles. The molecule has 0 spiro atoms. The van der Waals surface area contributed by atoms with Gasteiger partial charge in [-0.2, -0.15) is 0 Å². The summed E-state index contributed by atoms with van der Waals surface area (Å²) in [6, 6.07) is 5.66. The molecule has 0 aliphatic rings. The molecule has 2 N–H and O–H groups in total. The van der Waals surface area contributed by atoms with Crippen molar-refractivity contribution in [1.82, 2.24) is 4.98 Å². The normalized spacial score (nSPS) is 11.6. The quantitative estimate of drug-likeness (QED) is 0.755. The van der Waals surface area contributed by atoms with Gasteiger partial charge in [-0.25, -0.2) is 14.0 Å². The molecular formula is C19H21FN2O5. The summed E-state index contributed by atoms with van der Waals surface area (Å²) in [5, 5.41) is 2.36. The molecule has 0 radical (unpaired) electrons. The van der Waals surface area contributed by atoms with Crippen molar-refractivity contribution >= 4 is 23.5 Å². The fourth-order valence-corrected chi connectivity index (χ4v) is 2.53. The lowest BCUT2D eigenvalue weighted by Gasteiger charge is -2.13. The summed E-state index contributed by atoms with van der Waals surface area (Å²) in [6.07, 6.45) is -1.17. The number of aromatic nitrogens is 1. The number of amides is 1. The van der Waals surface area contributed by atoms with Crippen molar-refractivity contribution in [3.63, 3.8) is 0 Å². The first-order valence-electron chi connectivity index (χ1n) is 8.38. The van der Waals surface area contributed by atoms with Crippen LogP contribution in [-0.4, -0.2) is 35.5 Å². The number of H-pyrrole nitrogens is 1. The highest BCUT2D eigenvalue weighted by Gasteiger charge is 2.26. The highest BCUT2D eigenvalue weighted by atomic mass is 19.1. The third-order valence-corrected chi connectivity index (χ3v) is 3.91. The van der Waals surface area contributed by atoms with Gasteiger partial charge in [0.2, 0.25) is 0 Å². The first-order chi connectivity index (χ1) is 12.8. The number of anilines is 1. The van der Waals surface area contributed by atoms with E-state index in [9.17, 15) is 18.8 Å². The summed E-state index contributed by atoms with van der Waals surface area (Å²) in [7, 11) is 0. The van der Waals surface area contributed by atoms with Crippen LogP contribution in [0.3, 0.4) is 0 Å². The molecule has 1 amide bonds. The van der Waals surface area contributed by atoms with E-state index in [0.717, 1.165) is 0 Å². The summed E-state index contributed by atoms with van der Waals surface area (Å²) in [5.41, 5.74) is 1.13. The minimum atomic E-state index is -1.17. The van der Waals surface area contributed by atoms with E-state index in [1.54, 1.807) is 26.8 Å². The van der Waals surface area contributed by atoms with Gasteiger partial charge in [0, 0.05) is 5.69 Å². The lowest BCUT2D eigenvalue weighted by Crippen LogP contribution is -2.30. The van der Waals surface area contributed by atoms with Crippen molar-refractivity contribution in [2.45, 2.75) is 33.8 Å². The molecule has 1 heterocycles. The first-order valence-corrected chi connectivity index (χ1v) is 8.38. The van der Waals surface area contributed by atoms with Crippen molar-refractivity contribution in [3.8, 4) is 0 Å². The zero-order valence-electron chi connectivity index (χ0n) is 15.5. The predicted molar refractivity (Wildman–Crippen MR) is 96.1 cm³/mol. The summed E-state index contributed by atoms with van der Waals surface area (Å²) >= 11 is 0. The number of benzene rings is 1. The molecule has 2 aromatic rings. The van der Waals surface area contributed by atoms with Crippen LogP contribution < -0.4 is 5.32 Å². The van der Waals surface area contributed by atoms with Gasteiger partial charge in [0.25, 0.3) is 5.91 Å². The molecule has 27 heavy (non-hydrogen) atoms. The van der Waals surface area contributed by atoms with Crippen LogP contribution in [0.25, 0.3) is 0 Å². The van der Waals surface area contributed by atoms with Crippen LogP contribution in [0.5, 0.6) is 0 Å². The molecule has 0 aliphatic carbocycles. The third-order valence-electron chi connectivity index (χ3n) is 3.91. The van der Waals surface area contributed by atoms with Gasteiger partial charge in [-0.05, 0) is 45.4 Å². The fourth-order valence-electron chi connectivity index (χ4n) is 2.53. The Labute approximate surface area is 155 Å². The summed E-state index contributed by atoms with van der Waals surface area (Å²) < 4.78 is 23.7. The van der Waals surface area contributed by atoms with Crippen molar-refractivity contribution < 1.29 is 28.2 Å². The van der Waals surface area contributed by atoms with Gasteiger partial charge in [0.05, 0.1) is 17.9 Å². The fraction of sp³-hybridized carbons (Fsp3) is 0.316. The number of aryl methyl sites for hydroxylation is 1. The van der Waals surface area contributed by atoms with Crippen LogP contribution in [0.4, 0.5) is 10.1 Å². The molecular weight excluding hydrogens is 355 g/mol. The summed E-state index contributed by atoms with van der Waals surface area (Å²) in [6.45, 7) is 6.46. The summed E-state index contributed by atoms with van der Waals surface area (Å²) in [5.74, 6) is -2.63. The largest absolute Gasteiger partial charge is 0.462 e. The number of ether oxygens (including phenoxy) is 2. The van der Waals surface area contributed by atoms with E-state index in [4.69, 9.17) is 9.47 Å². The van der Waals surface area contributed by atoms with Crippen LogP contribution in [0, 0.1) is 19.7 Å². The van der Waals surface area contributed by atoms with Gasteiger partial charge >= 0.3 is 11.9 Å². The predicted octanol–water partition coefficient (Wildman–Crippen LogP) is 3.13. The molecule has 0 saturated carbocycles. The molecule has 8 heteroatoms. The van der Waals surface area contributed by atoms with Gasteiger partial charge < -0.3 is 19.8 Å². The van der Waals surface area contributed by atoms with E-state index in [2.05, 4.69) is 10.3 Å². The number of hydrogen-bond acceptors (Lipinski definition) is 5. The lowest BCUT2D eigenvalue weighted by molar-refractivity contribution is -0.123. The average Bonchev–Trinajstić information content (AvgIpc) is 2.91. The standard InChI is InChI=1S/C19H21FN2O5/c1-5-26-18(24)15-10(2)16(21-11(15)3)19(25)27-12(4)17(23)22-14-9-7-6-8-13(14)20/h6-9,12,21H,5H2,1-4H3,(H,22,23)/t12-/m0/s1. The van der Waals surface area contributed by atoms with Crippen LogP contribution in [0.1, 0.15) is 46.0 Å². The lowest BCUT2D eigenvalue weighted by atomic mass is 10.1. The van der Waals surface area contributed by atoms with Gasteiger partial charge in [0.15, 0.2) is 6.10 Å². The number of aromatic amines is 1. The monoisotopic (exact) mass is 376 g/mol. The topological polar surface area (TPSA) is 97.5 Å². The summed E-state index contributed by atoms with van der Waals surface area (Å²) in [4.78, 5) is 39.3. The minimum Gasteiger partial charge on any atom is -0.462 e. The Bertz CT molecular complexity index is 875. The smallest absolute Gasteiger partial charge is 0.355 e. The maximum atomic E-state index is 13.6. The Hall–Kier alpha value is -3.16. The Balaban J connectivity index is 2.10. The van der Waals surface area contributed by atoms with Gasteiger partial charge in [-0.3, -0.25) is 4.79 Å². The molecule has 1 aromatic carbocycles.